The van der Waals surface area contributed by atoms with E-state index in [4.69, 9.17) is 0 Å². The van der Waals surface area contributed by atoms with Crippen molar-refractivity contribution in [1.82, 2.24) is 4.57 Å². The van der Waals surface area contributed by atoms with Crippen LogP contribution in [-0.2, 0) is 5.41 Å². The van der Waals surface area contributed by atoms with Crippen LogP contribution in [0.5, 0.6) is 0 Å². The first-order valence-electron chi connectivity index (χ1n) is 22.8. The Morgan fingerprint density at radius 1 is 0.364 bits per heavy atom. The summed E-state index contributed by atoms with van der Waals surface area (Å²) in [5, 5.41) is 2.59. The average molecular weight is 863 g/mol. The van der Waals surface area contributed by atoms with Crippen LogP contribution in [0.15, 0.2) is 252 Å². The van der Waals surface area contributed by atoms with E-state index in [1.54, 1.807) is 0 Å². The SMILES string of the molecule is CS1(C)c2ccccc2C2(c3ccccc3-n3c4ccccc4c4cccc2c43)c2cccc(-c3ccc(N(c4ccc(-c5ccccc5)cc4)c4ccc(-c5ccccc5)cc4)cc3)c21. The highest BCUT2D eigenvalue weighted by Crippen LogP contribution is 2.71. The normalized spacial score (nSPS) is 15.8. The molecule has 0 saturated carbocycles. The standard InChI is InChI=1S/C63H46N2S/c1-66(2)60-30-14-11-25-55(60)63(54-24-10-13-29-59(54)65-58-28-12-9-21-52(58)53-23-16-26-56(63)61(53)65)57-27-15-22-51(62(57)66)47-35-41-50(42-36-47)64(48-37-31-45(32-38-48)43-17-5-3-6-18-43)49-39-33-46(34-40-49)44-19-7-4-8-20-44/h3-42H,1-2H3. The molecule has 66 heavy (non-hydrogen) atoms. The molecule has 1 aromatic heterocycles. The zero-order chi connectivity index (χ0) is 44.0. The van der Waals surface area contributed by atoms with E-state index in [0.717, 1.165) is 17.1 Å². The molecule has 2 aliphatic heterocycles. The summed E-state index contributed by atoms with van der Waals surface area (Å²) in [6.45, 7) is 0. The fourth-order valence-electron chi connectivity index (χ4n) is 11.5. The maximum absolute atomic E-state index is 2.54. The summed E-state index contributed by atoms with van der Waals surface area (Å²) in [6, 6.07) is 90.2. The van der Waals surface area contributed by atoms with Gasteiger partial charge in [-0.1, -0.05) is 188 Å². The van der Waals surface area contributed by atoms with Gasteiger partial charge >= 0.3 is 0 Å². The van der Waals surface area contributed by atoms with Crippen molar-refractivity contribution in [3.63, 3.8) is 0 Å². The van der Waals surface area contributed by atoms with Gasteiger partial charge in [0.05, 0.1) is 22.1 Å². The number of fused-ring (bicyclic) bond motifs is 11. The summed E-state index contributed by atoms with van der Waals surface area (Å²) in [5.74, 6) is 0. The van der Waals surface area contributed by atoms with Crippen LogP contribution in [0.2, 0.25) is 0 Å². The molecule has 1 unspecified atom stereocenters. The molecule has 0 bridgehead atoms. The maximum atomic E-state index is 2.54. The van der Waals surface area contributed by atoms with Gasteiger partial charge in [-0.25, -0.2) is 0 Å². The van der Waals surface area contributed by atoms with Gasteiger partial charge in [0.1, 0.15) is 0 Å². The Hall–Kier alpha value is -7.85. The van der Waals surface area contributed by atoms with Gasteiger partial charge in [-0.3, -0.25) is 0 Å². The summed E-state index contributed by atoms with van der Waals surface area (Å²) < 4.78 is 2.54. The summed E-state index contributed by atoms with van der Waals surface area (Å²) in [7, 11) is -1.51. The molecule has 0 aliphatic carbocycles. The van der Waals surface area contributed by atoms with Gasteiger partial charge in [-0.05, 0) is 128 Å². The minimum Gasteiger partial charge on any atom is -0.311 e. The molecule has 2 aliphatic rings. The first kappa shape index (κ1) is 38.6. The number of rotatable bonds is 6. The first-order chi connectivity index (χ1) is 32.5. The van der Waals surface area contributed by atoms with E-state index in [1.807, 2.05) is 0 Å². The van der Waals surface area contributed by atoms with E-state index >= 15 is 0 Å². The molecule has 314 valence electrons. The number of nitrogens with zero attached hydrogens (tertiary/aromatic N) is 2. The molecule has 3 heterocycles. The molecule has 3 heteroatoms. The Labute approximate surface area is 388 Å². The molecule has 1 atom stereocenters. The molecule has 0 radical (unpaired) electrons. The molecule has 13 rings (SSSR count). The second kappa shape index (κ2) is 14.9. The zero-order valence-corrected chi connectivity index (χ0v) is 37.7. The fourth-order valence-corrected chi connectivity index (χ4v) is 14.4. The van der Waals surface area contributed by atoms with Crippen LogP contribution < -0.4 is 4.90 Å². The number of hydrogen-bond acceptors (Lipinski definition) is 1. The van der Waals surface area contributed by atoms with Crippen molar-refractivity contribution >= 4 is 48.9 Å². The second-order valence-corrected chi connectivity index (χ2v) is 21.5. The third-order valence-electron chi connectivity index (χ3n) is 14.3. The minimum absolute atomic E-state index is 0.528. The molecule has 10 aromatic carbocycles. The third-order valence-corrected chi connectivity index (χ3v) is 17.2. The lowest BCUT2D eigenvalue weighted by Crippen LogP contribution is -2.39. The van der Waals surface area contributed by atoms with Crippen molar-refractivity contribution < 1.29 is 0 Å². The lowest BCUT2D eigenvalue weighted by atomic mass is 9.62. The van der Waals surface area contributed by atoms with Crippen LogP contribution >= 0.6 is 10.0 Å². The predicted octanol–water partition coefficient (Wildman–Crippen LogP) is 16.7. The molecule has 0 amide bonds. The Morgan fingerprint density at radius 2 is 0.833 bits per heavy atom. The Kier molecular flexibility index (Phi) is 8.68. The highest BCUT2D eigenvalue weighted by atomic mass is 32.3. The number of hydrogen-bond donors (Lipinski definition) is 0. The molecule has 11 aromatic rings. The molecular weight excluding hydrogens is 817 g/mol. The van der Waals surface area contributed by atoms with Crippen molar-refractivity contribution in [3.8, 4) is 39.1 Å². The lowest BCUT2D eigenvalue weighted by Gasteiger charge is -2.52. The van der Waals surface area contributed by atoms with Gasteiger partial charge in [-0.15, -0.1) is 0 Å². The van der Waals surface area contributed by atoms with Crippen molar-refractivity contribution in [2.24, 2.45) is 0 Å². The molecule has 0 N–H and O–H groups in total. The first-order valence-corrected chi connectivity index (χ1v) is 25.3. The van der Waals surface area contributed by atoms with Crippen LogP contribution in [-0.4, -0.2) is 17.1 Å². The average Bonchev–Trinajstić information content (AvgIpc) is 3.73. The van der Waals surface area contributed by atoms with Crippen molar-refractivity contribution in [2.45, 2.75) is 15.2 Å². The number of para-hydroxylation sites is 3. The summed E-state index contributed by atoms with van der Waals surface area (Å²) in [4.78, 5) is 5.28. The predicted molar refractivity (Wildman–Crippen MR) is 280 cm³/mol. The molecular formula is C63H46N2S. The van der Waals surface area contributed by atoms with E-state index < -0.39 is 15.4 Å². The number of benzene rings is 10. The van der Waals surface area contributed by atoms with Crippen molar-refractivity contribution in [3.05, 3.63) is 265 Å². The zero-order valence-electron chi connectivity index (χ0n) is 36.9. The topological polar surface area (TPSA) is 8.17 Å². The molecule has 0 saturated heterocycles. The van der Waals surface area contributed by atoms with E-state index in [-0.39, 0.29) is 0 Å². The molecule has 0 fully saturated rings. The van der Waals surface area contributed by atoms with Gasteiger partial charge in [0, 0.05) is 32.7 Å². The van der Waals surface area contributed by atoms with E-state index in [1.165, 1.54) is 92.9 Å². The monoisotopic (exact) mass is 862 g/mol. The van der Waals surface area contributed by atoms with Gasteiger partial charge in [0.15, 0.2) is 0 Å². The summed E-state index contributed by atoms with van der Waals surface area (Å²) in [6.07, 6.45) is 5.03. The van der Waals surface area contributed by atoms with Gasteiger partial charge < -0.3 is 9.47 Å². The number of anilines is 3. The highest BCUT2D eigenvalue weighted by Gasteiger charge is 2.52. The van der Waals surface area contributed by atoms with Crippen LogP contribution in [0.3, 0.4) is 0 Å². The largest absolute Gasteiger partial charge is 0.311 e. The summed E-state index contributed by atoms with van der Waals surface area (Å²) in [5.41, 5.74) is 19.4. The Balaban J connectivity index is 0.995. The van der Waals surface area contributed by atoms with E-state index in [9.17, 15) is 0 Å². The number of aromatic nitrogens is 1. The van der Waals surface area contributed by atoms with Gasteiger partial charge in [-0.2, -0.15) is 10.0 Å². The summed E-state index contributed by atoms with van der Waals surface area (Å²) >= 11 is 0. The maximum Gasteiger partial charge on any atom is 0.0763 e. The molecule has 1 spiro atoms. The van der Waals surface area contributed by atoms with Crippen LogP contribution in [0.4, 0.5) is 17.1 Å². The lowest BCUT2D eigenvalue weighted by molar-refractivity contribution is 0.687. The Bertz CT molecular complexity index is 3560. The van der Waals surface area contributed by atoms with Gasteiger partial charge in [0.2, 0.25) is 0 Å². The molecule has 2 nitrogen and oxygen atoms in total. The van der Waals surface area contributed by atoms with Crippen molar-refractivity contribution in [2.75, 3.05) is 17.4 Å². The third kappa shape index (κ3) is 5.57. The quantitative estimate of drug-likeness (QED) is 0.162. The highest BCUT2D eigenvalue weighted by molar-refractivity contribution is 8.33. The van der Waals surface area contributed by atoms with Gasteiger partial charge in [0.25, 0.3) is 0 Å². The van der Waals surface area contributed by atoms with Crippen LogP contribution in [0, 0.1) is 0 Å². The smallest absolute Gasteiger partial charge is 0.0763 e. The van der Waals surface area contributed by atoms with E-state index in [2.05, 4.69) is 265 Å². The Morgan fingerprint density at radius 3 is 1.48 bits per heavy atom. The van der Waals surface area contributed by atoms with Crippen LogP contribution in [0.1, 0.15) is 22.3 Å². The second-order valence-electron chi connectivity index (χ2n) is 18.0. The minimum atomic E-state index is -1.51. The van der Waals surface area contributed by atoms with E-state index in [0.29, 0.717) is 0 Å². The van der Waals surface area contributed by atoms with Crippen LogP contribution in [0.25, 0.3) is 60.9 Å². The van der Waals surface area contributed by atoms with Crippen molar-refractivity contribution in [1.29, 1.82) is 0 Å². The fraction of sp³-hybridized carbons (Fsp3) is 0.0476.